The van der Waals surface area contributed by atoms with Gasteiger partial charge in [0, 0.05) is 18.7 Å². The fraction of sp³-hybridized carbons (Fsp3) is 0.263. The molecule has 2 amide bonds. The summed E-state index contributed by atoms with van der Waals surface area (Å²) in [6, 6.07) is 12.3. The lowest BCUT2D eigenvalue weighted by Gasteiger charge is -2.16. The van der Waals surface area contributed by atoms with Crippen LogP contribution in [0.1, 0.15) is 18.4 Å². The van der Waals surface area contributed by atoms with E-state index in [1.807, 2.05) is 0 Å². The number of hydrogen-bond donors (Lipinski definition) is 1. The Morgan fingerprint density at radius 2 is 1.81 bits per heavy atom. The van der Waals surface area contributed by atoms with Crippen molar-refractivity contribution in [2.75, 3.05) is 16.8 Å². The number of anilines is 2. The number of nitrogens with one attached hydrogen (secondary N) is 1. The van der Waals surface area contributed by atoms with Gasteiger partial charge in [0.25, 0.3) is 0 Å². The molecule has 0 saturated carbocycles. The highest BCUT2D eigenvalue weighted by atomic mass is 19.4. The van der Waals surface area contributed by atoms with Crippen LogP contribution in [0.3, 0.4) is 0 Å². The number of carbonyl (C=O) groups is 2. The molecule has 0 bridgehead atoms. The number of halogens is 3. The average molecular weight is 378 g/mol. The molecule has 1 aliphatic rings. The van der Waals surface area contributed by atoms with E-state index in [1.54, 1.807) is 29.2 Å². The fourth-order valence-corrected chi connectivity index (χ4v) is 2.88. The summed E-state index contributed by atoms with van der Waals surface area (Å²) in [6.45, 7) is 0.675. The van der Waals surface area contributed by atoms with Crippen LogP contribution in [0.25, 0.3) is 0 Å². The predicted molar refractivity (Wildman–Crippen MR) is 93.5 cm³/mol. The van der Waals surface area contributed by atoms with Crippen LogP contribution in [-0.4, -0.2) is 24.7 Å². The first-order chi connectivity index (χ1) is 12.8. The number of ether oxygens (including phenoxy) is 1. The van der Waals surface area contributed by atoms with Crippen LogP contribution >= 0.6 is 0 Å². The van der Waals surface area contributed by atoms with Crippen molar-refractivity contribution in [2.45, 2.75) is 25.6 Å². The lowest BCUT2D eigenvalue weighted by Crippen LogP contribution is -2.23. The molecule has 27 heavy (non-hydrogen) atoms. The Kier molecular flexibility index (Phi) is 5.34. The number of nitrogens with zero attached hydrogens (tertiary/aromatic N) is 1. The van der Waals surface area contributed by atoms with E-state index in [4.69, 9.17) is 0 Å². The first kappa shape index (κ1) is 18.8. The number of alkyl halides is 3. The fourth-order valence-electron chi connectivity index (χ4n) is 2.88. The molecule has 1 N–H and O–H groups in total. The lowest BCUT2D eigenvalue weighted by atomic mass is 10.1. The third-order valence-electron chi connectivity index (χ3n) is 4.07. The molecule has 0 spiro atoms. The molecule has 3 rings (SSSR count). The zero-order valence-corrected chi connectivity index (χ0v) is 14.3. The summed E-state index contributed by atoms with van der Waals surface area (Å²) < 4.78 is 41.2. The van der Waals surface area contributed by atoms with Crippen LogP contribution in [0.4, 0.5) is 24.5 Å². The maximum Gasteiger partial charge on any atom is 0.573 e. The van der Waals surface area contributed by atoms with Crippen LogP contribution in [0.5, 0.6) is 5.75 Å². The lowest BCUT2D eigenvalue weighted by molar-refractivity contribution is -0.274. The summed E-state index contributed by atoms with van der Waals surface area (Å²) in [5, 5.41) is 2.43. The number of benzene rings is 2. The van der Waals surface area contributed by atoms with Crippen molar-refractivity contribution in [3.05, 3.63) is 54.1 Å². The molecule has 5 nitrogen and oxygen atoms in total. The van der Waals surface area contributed by atoms with Crippen LogP contribution < -0.4 is 15.0 Å². The summed E-state index contributed by atoms with van der Waals surface area (Å²) in [7, 11) is 0. The van der Waals surface area contributed by atoms with Gasteiger partial charge in [-0.1, -0.05) is 24.3 Å². The standard InChI is InChI=1S/C19H17F3N2O3/c20-19(21,22)27-16-5-2-1-4-15(16)23-17(25)12-13-7-9-14(10-8-13)24-11-3-6-18(24)26/h1-2,4-5,7-10H,3,6,11-12H2,(H,23,25). The Hall–Kier alpha value is -3.03. The van der Waals surface area contributed by atoms with Crippen LogP contribution in [0.2, 0.25) is 0 Å². The van der Waals surface area contributed by atoms with E-state index in [0.717, 1.165) is 18.2 Å². The van der Waals surface area contributed by atoms with Gasteiger partial charge in [0.2, 0.25) is 11.8 Å². The molecule has 2 aromatic carbocycles. The van der Waals surface area contributed by atoms with Gasteiger partial charge in [0.05, 0.1) is 12.1 Å². The van der Waals surface area contributed by atoms with Crippen molar-refractivity contribution in [3.8, 4) is 5.75 Å². The molecule has 8 heteroatoms. The van der Waals surface area contributed by atoms with Gasteiger partial charge in [-0.25, -0.2) is 0 Å². The SMILES string of the molecule is O=C(Cc1ccc(N2CCCC2=O)cc1)Nc1ccccc1OC(F)(F)F. The number of amides is 2. The van der Waals surface area contributed by atoms with Gasteiger partial charge in [0.1, 0.15) is 0 Å². The maximum atomic E-state index is 12.4. The zero-order chi connectivity index (χ0) is 19.4. The van der Waals surface area contributed by atoms with E-state index in [0.29, 0.717) is 18.5 Å². The highest BCUT2D eigenvalue weighted by molar-refractivity contribution is 5.96. The Balaban J connectivity index is 1.64. The largest absolute Gasteiger partial charge is 0.573 e. The quantitative estimate of drug-likeness (QED) is 0.859. The number of para-hydroxylation sites is 2. The minimum atomic E-state index is -4.84. The van der Waals surface area contributed by atoms with E-state index in [-0.39, 0.29) is 18.0 Å². The number of rotatable bonds is 5. The van der Waals surface area contributed by atoms with Crippen LogP contribution in [0.15, 0.2) is 48.5 Å². The highest BCUT2D eigenvalue weighted by Crippen LogP contribution is 2.30. The van der Waals surface area contributed by atoms with Crippen LogP contribution in [-0.2, 0) is 16.0 Å². The first-order valence-corrected chi connectivity index (χ1v) is 8.36. The zero-order valence-electron chi connectivity index (χ0n) is 14.3. The van der Waals surface area contributed by atoms with Crippen molar-refractivity contribution < 1.29 is 27.5 Å². The van der Waals surface area contributed by atoms with Crippen LogP contribution in [0, 0.1) is 0 Å². The topological polar surface area (TPSA) is 58.6 Å². The summed E-state index contributed by atoms with van der Waals surface area (Å²) in [6.07, 6.45) is -3.51. The number of hydrogen-bond acceptors (Lipinski definition) is 3. The summed E-state index contributed by atoms with van der Waals surface area (Å²) in [5.41, 5.74) is 1.39. The summed E-state index contributed by atoms with van der Waals surface area (Å²) in [5.74, 6) is -0.874. The minimum Gasteiger partial charge on any atom is -0.404 e. The molecular weight excluding hydrogens is 361 g/mol. The van der Waals surface area contributed by atoms with Crippen molar-refractivity contribution in [3.63, 3.8) is 0 Å². The van der Waals surface area contributed by atoms with Crippen molar-refractivity contribution in [1.82, 2.24) is 0 Å². The van der Waals surface area contributed by atoms with Crippen molar-refractivity contribution in [1.29, 1.82) is 0 Å². The highest BCUT2D eigenvalue weighted by Gasteiger charge is 2.32. The predicted octanol–water partition coefficient (Wildman–Crippen LogP) is 3.89. The Morgan fingerprint density at radius 1 is 1.11 bits per heavy atom. The summed E-state index contributed by atoms with van der Waals surface area (Å²) >= 11 is 0. The molecule has 0 radical (unpaired) electrons. The number of carbonyl (C=O) groups excluding carboxylic acids is 2. The second-order valence-electron chi connectivity index (χ2n) is 6.08. The Labute approximate surface area is 153 Å². The maximum absolute atomic E-state index is 12.4. The molecule has 2 aromatic rings. The second-order valence-corrected chi connectivity index (χ2v) is 6.08. The van der Waals surface area contributed by atoms with Gasteiger partial charge in [-0.2, -0.15) is 0 Å². The summed E-state index contributed by atoms with van der Waals surface area (Å²) in [4.78, 5) is 25.6. The molecular formula is C19H17F3N2O3. The molecule has 1 heterocycles. The van der Waals surface area contributed by atoms with Gasteiger partial charge in [0.15, 0.2) is 5.75 Å². The molecule has 142 valence electrons. The third-order valence-corrected chi connectivity index (χ3v) is 4.07. The van der Waals surface area contributed by atoms with E-state index < -0.39 is 18.0 Å². The smallest absolute Gasteiger partial charge is 0.404 e. The Morgan fingerprint density at radius 3 is 2.44 bits per heavy atom. The third kappa shape index (κ3) is 4.99. The molecule has 0 unspecified atom stereocenters. The normalized spacial score (nSPS) is 14.3. The molecule has 0 aromatic heterocycles. The second kappa shape index (κ2) is 7.69. The van der Waals surface area contributed by atoms with Gasteiger partial charge >= 0.3 is 6.36 Å². The van der Waals surface area contributed by atoms with Gasteiger partial charge in [-0.15, -0.1) is 13.2 Å². The molecule has 0 atom stereocenters. The van der Waals surface area contributed by atoms with Gasteiger partial charge in [-0.05, 0) is 36.2 Å². The van der Waals surface area contributed by atoms with Gasteiger partial charge < -0.3 is 15.0 Å². The monoisotopic (exact) mass is 378 g/mol. The van der Waals surface area contributed by atoms with E-state index in [9.17, 15) is 22.8 Å². The van der Waals surface area contributed by atoms with E-state index in [1.165, 1.54) is 18.2 Å². The Bertz CT molecular complexity index is 835. The molecule has 1 fully saturated rings. The molecule has 0 aliphatic carbocycles. The first-order valence-electron chi connectivity index (χ1n) is 8.36. The molecule has 1 saturated heterocycles. The van der Waals surface area contributed by atoms with E-state index in [2.05, 4.69) is 10.1 Å². The average Bonchev–Trinajstić information content (AvgIpc) is 3.02. The molecule has 1 aliphatic heterocycles. The van der Waals surface area contributed by atoms with E-state index >= 15 is 0 Å². The van der Waals surface area contributed by atoms with Crippen molar-refractivity contribution >= 4 is 23.2 Å². The minimum absolute atomic E-state index is 0.0193. The van der Waals surface area contributed by atoms with Gasteiger partial charge in [-0.3, -0.25) is 9.59 Å². The van der Waals surface area contributed by atoms with Crippen molar-refractivity contribution in [2.24, 2.45) is 0 Å².